The van der Waals surface area contributed by atoms with Gasteiger partial charge in [0.2, 0.25) is 11.8 Å². The maximum absolute atomic E-state index is 13.4. The molecule has 9 heteroatoms. The van der Waals surface area contributed by atoms with Crippen LogP contribution >= 0.6 is 0 Å². The van der Waals surface area contributed by atoms with Crippen LogP contribution in [0.4, 0.5) is 5.69 Å². The molecule has 9 nitrogen and oxygen atoms in total. The topological polar surface area (TPSA) is 117 Å². The summed E-state index contributed by atoms with van der Waals surface area (Å²) in [6.45, 7) is 1.88. The van der Waals surface area contributed by atoms with Crippen molar-refractivity contribution in [1.29, 1.82) is 0 Å². The number of aromatic nitrogens is 2. The molecule has 4 heterocycles. The third-order valence-corrected chi connectivity index (χ3v) is 6.78. The van der Waals surface area contributed by atoms with E-state index in [9.17, 15) is 19.5 Å². The first-order valence-electron chi connectivity index (χ1n) is 10.6. The first-order valence-corrected chi connectivity index (χ1v) is 10.6. The van der Waals surface area contributed by atoms with Crippen molar-refractivity contribution < 1.29 is 14.7 Å². The lowest BCUT2D eigenvalue weighted by Crippen LogP contribution is -2.53. The highest BCUT2D eigenvalue weighted by atomic mass is 16.3. The summed E-state index contributed by atoms with van der Waals surface area (Å²) >= 11 is 0. The number of hydrogen-bond donors (Lipinski definition) is 3. The standard InChI is InChI=1S/C23H21N5O4/c1-12-20(30)28-16-9-5-3-7-14(16)23(32,22(28)25-12)10-17-19(29)24-11-18-26-15-8-4-2-6-13(15)21(31)27(17)18/h2-9,12,17,22,25,32H,10-11H2,1H3,(H,24,29)/t12-,17+,22-,23+/m0/s1. The Morgan fingerprint density at radius 1 is 1.12 bits per heavy atom. The van der Waals surface area contributed by atoms with Gasteiger partial charge in [-0.2, -0.15) is 0 Å². The second-order valence-corrected chi connectivity index (χ2v) is 8.60. The number of nitrogens with zero attached hydrogens (tertiary/aromatic N) is 3. The molecule has 3 aliphatic heterocycles. The third-order valence-electron chi connectivity index (χ3n) is 6.78. The molecule has 0 aliphatic carbocycles. The van der Waals surface area contributed by atoms with Crippen LogP contribution in [0.2, 0.25) is 0 Å². The predicted molar refractivity (Wildman–Crippen MR) is 116 cm³/mol. The van der Waals surface area contributed by atoms with Gasteiger partial charge >= 0.3 is 0 Å². The molecule has 4 atom stereocenters. The lowest BCUT2D eigenvalue weighted by molar-refractivity contribution is -0.128. The van der Waals surface area contributed by atoms with Gasteiger partial charge in [-0.05, 0) is 25.1 Å². The van der Waals surface area contributed by atoms with Gasteiger partial charge < -0.3 is 10.4 Å². The maximum atomic E-state index is 13.4. The number of carbonyl (C=O) groups is 2. The van der Waals surface area contributed by atoms with Crippen molar-refractivity contribution in [3.05, 3.63) is 70.3 Å². The average molecular weight is 431 g/mol. The van der Waals surface area contributed by atoms with Crippen LogP contribution in [0.1, 0.15) is 30.8 Å². The summed E-state index contributed by atoms with van der Waals surface area (Å²) in [4.78, 5) is 45.3. The highest BCUT2D eigenvalue weighted by Crippen LogP contribution is 2.49. The Balaban J connectivity index is 1.51. The predicted octanol–water partition coefficient (Wildman–Crippen LogP) is 0.510. The number of nitrogens with one attached hydrogen (secondary N) is 2. The fourth-order valence-corrected chi connectivity index (χ4v) is 5.26. The zero-order valence-electron chi connectivity index (χ0n) is 17.3. The van der Waals surface area contributed by atoms with Crippen LogP contribution in [0, 0.1) is 0 Å². The maximum Gasteiger partial charge on any atom is 0.262 e. The van der Waals surface area contributed by atoms with Crippen molar-refractivity contribution >= 4 is 28.4 Å². The van der Waals surface area contributed by atoms with Crippen LogP contribution in [0.15, 0.2) is 53.3 Å². The molecule has 1 fully saturated rings. The second kappa shape index (κ2) is 6.47. The number of aliphatic hydroxyl groups is 1. The Morgan fingerprint density at radius 2 is 1.88 bits per heavy atom. The molecule has 2 amide bonds. The van der Waals surface area contributed by atoms with Gasteiger partial charge in [0.1, 0.15) is 23.6 Å². The van der Waals surface area contributed by atoms with E-state index < -0.39 is 23.9 Å². The first kappa shape index (κ1) is 19.1. The molecular weight excluding hydrogens is 410 g/mol. The summed E-state index contributed by atoms with van der Waals surface area (Å²) in [6.07, 6.45) is -0.818. The zero-order chi connectivity index (χ0) is 22.2. The van der Waals surface area contributed by atoms with Crippen molar-refractivity contribution in [2.75, 3.05) is 4.90 Å². The van der Waals surface area contributed by atoms with Crippen LogP contribution in [0.3, 0.4) is 0 Å². The number of rotatable bonds is 2. The molecule has 0 bridgehead atoms. The molecule has 1 aromatic heterocycles. The van der Waals surface area contributed by atoms with Crippen molar-refractivity contribution in [2.45, 2.75) is 43.7 Å². The largest absolute Gasteiger partial charge is 0.381 e. The van der Waals surface area contributed by atoms with Gasteiger partial charge in [-0.15, -0.1) is 0 Å². The fraction of sp³-hybridized carbons (Fsp3) is 0.304. The van der Waals surface area contributed by atoms with E-state index in [4.69, 9.17) is 0 Å². The molecule has 1 saturated heterocycles. The fourth-order valence-electron chi connectivity index (χ4n) is 5.26. The van der Waals surface area contributed by atoms with E-state index >= 15 is 0 Å². The molecule has 0 radical (unpaired) electrons. The number of hydrogen-bond acceptors (Lipinski definition) is 6. The number of benzene rings is 2. The molecule has 3 aromatic rings. The van der Waals surface area contributed by atoms with Crippen LogP contribution < -0.4 is 21.1 Å². The SMILES string of the molecule is C[C@@H]1N[C@H]2N(C1=O)c1ccccc1[C@]2(O)C[C@@H]1C(=O)NCc2nc3ccccc3c(=O)n21. The summed E-state index contributed by atoms with van der Waals surface area (Å²) in [5.41, 5.74) is -0.159. The molecule has 32 heavy (non-hydrogen) atoms. The van der Waals surface area contributed by atoms with Crippen molar-refractivity contribution in [3.8, 4) is 0 Å². The van der Waals surface area contributed by atoms with E-state index in [0.717, 1.165) is 0 Å². The van der Waals surface area contributed by atoms with Crippen LogP contribution in [-0.2, 0) is 21.7 Å². The van der Waals surface area contributed by atoms with Gasteiger partial charge in [0, 0.05) is 12.0 Å². The average Bonchev–Trinajstić information content (AvgIpc) is 3.22. The summed E-state index contributed by atoms with van der Waals surface area (Å²) in [5, 5.41) is 18.4. The van der Waals surface area contributed by atoms with E-state index in [1.165, 1.54) is 4.57 Å². The quantitative estimate of drug-likeness (QED) is 0.545. The molecule has 162 valence electrons. The van der Waals surface area contributed by atoms with Gasteiger partial charge in [-0.25, -0.2) is 4.98 Å². The number of fused-ring (bicyclic) bond motifs is 5. The Morgan fingerprint density at radius 3 is 2.72 bits per heavy atom. The Bertz CT molecular complexity index is 1370. The molecule has 6 rings (SSSR count). The highest BCUT2D eigenvalue weighted by Gasteiger charge is 2.58. The Hall–Kier alpha value is -3.56. The summed E-state index contributed by atoms with van der Waals surface area (Å²) in [5.74, 6) is -0.0658. The van der Waals surface area contributed by atoms with Gasteiger partial charge in [0.05, 0.1) is 29.2 Å². The lowest BCUT2D eigenvalue weighted by atomic mass is 9.85. The van der Waals surface area contributed by atoms with Crippen LogP contribution in [0.5, 0.6) is 0 Å². The minimum atomic E-state index is -1.57. The van der Waals surface area contributed by atoms with Gasteiger partial charge in [-0.3, -0.25) is 29.2 Å². The van der Waals surface area contributed by atoms with Crippen LogP contribution in [0.25, 0.3) is 10.9 Å². The van der Waals surface area contributed by atoms with E-state index in [1.807, 2.05) is 0 Å². The minimum absolute atomic E-state index is 0.0864. The Labute approximate surface area is 182 Å². The molecule has 0 spiro atoms. The van der Waals surface area contributed by atoms with Crippen molar-refractivity contribution in [3.63, 3.8) is 0 Å². The minimum Gasteiger partial charge on any atom is -0.381 e. The van der Waals surface area contributed by atoms with Gasteiger partial charge in [0.15, 0.2) is 0 Å². The highest BCUT2D eigenvalue weighted by molar-refractivity contribution is 6.02. The molecule has 2 aromatic carbocycles. The molecule has 0 saturated carbocycles. The number of carbonyl (C=O) groups excluding carboxylic acids is 2. The molecular formula is C23H21N5O4. The van der Waals surface area contributed by atoms with Crippen molar-refractivity contribution in [1.82, 2.24) is 20.2 Å². The van der Waals surface area contributed by atoms with E-state index in [0.29, 0.717) is 28.0 Å². The summed E-state index contributed by atoms with van der Waals surface area (Å²) in [6, 6.07) is 12.7. The van der Waals surface area contributed by atoms with E-state index in [1.54, 1.807) is 60.4 Å². The zero-order valence-corrected chi connectivity index (χ0v) is 17.3. The van der Waals surface area contributed by atoms with Crippen molar-refractivity contribution in [2.24, 2.45) is 0 Å². The lowest BCUT2D eigenvalue weighted by Gasteiger charge is -2.36. The number of amides is 2. The molecule has 3 N–H and O–H groups in total. The Kier molecular flexibility index (Phi) is 3.87. The van der Waals surface area contributed by atoms with E-state index in [2.05, 4.69) is 15.6 Å². The summed E-state index contributed by atoms with van der Waals surface area (Å²) in [7, 11) is 0. The normalized spacial score (nSPS) is 28.4. The second-order valence-electron chi connectivity index (χ2n) is 8.60. The smallest absolute Gasteiger partial charge is 0.262 e. The third kappa shape index (κ3) is 2.40. The number of anilines is 1. The molecule has 3 aliphatic rings. The van der Waals surface area contributed by atoms with E-state index in [-0.39, 0.29) is 30.3 Å². The first-order chi connectivity index (χ1) is 15.4. The van der Waals surface area contributed by atoms with Gasteiger partial charge in [0.25, 0.3) is 5.56 Å². The van der Waals surface area contributed by atoms with Gasteiger partial charge in [-0.1, -0.05) is 30.3 Å². The van der Waals surface area contributed by atoms with Crippen LogP contribution in [-0.4, -0.2) is 38.7 Å². The number of para-hydroxylation sites is 2. The molecule has 0 unspecified atom stereocenters. The monoisotopic (exact) mass is 431 g/mol. The summed E-state index contributed by atoms with van der Waals surface area (Å²) < 4.78 is 1.39.